The Morgan fingerprint density at radius 1 is 1.22 bits per heavy atom. The summed E-state index contributed by atoms with van der Waals surface area (Å²) < 4.78 is 12.7. The molecule has 23 heavy (non-hydrogen) atoms. The number of hydrogen-bond acceptors (Lipinski definition) is 4. The molecular weight excluding hydrogens is 298 g/mol. The lowest BCUT2D eigenvalue weighted by molar-refractivity contribution is -0.136. The van der Waals surface area contributed by atoms with Gasteiger partial charge in [-0.05, 0) is 32.9 Å². The molecule has 6 nitrogen and oxygen atoms in total. The third-order valence-corrected chi connectivity index (χ3v) is 3.93. The van der Waals surface area contributed by atoms with Crippen molar-refractivity contribution in [2.24, 2.45) is 0 Å². The summed E-state index contributed by atoms with van der Waals surface area (Å²) in [6, 6.07) is 3.43. The fourth-order valence-corrected chi connectivity index (χ4v) is 2.98. The van der Waals surface area contributed by atoms with Crippen LogP contribution in [0.4, 0.5) is 0 Å². The molecule has 0 aliphatic heterocycles. The van der Waals surface area contributed by atoms with E-state index in [0.29, 0.717) is 28.1 Å². The zero-order chi connectivity index (χ0) is 17.3. The first-order chi connectivity index (χ1) is 10.8. The maximum Gasteiger partial charge on any atom is 0.308 e. The summed E-state index contributed by atoms with van der Waals surface area (Å²) in [5.74, 6) is -0.0786. The molecule has 0 unspecified atom stereocenters. The number of ether oxygens (including phenoxy) is 2. The molecule has 0 saturated heterocycles. The number of aliphatic carboxylic acids is 1. The van der Waals surface area contributed by atoms with Gasteiger partial charge >= 0.3 is 5.97 Å². The molecule has 1 N–H and O–H groups in total. The number of carboxylic acids is 1. The molecule has 124 valence electrons. The van der Waals surface area contributed by atoms with Crippen molar-refractivity contribution in [1.29, 1.82) is 0 Å². The predicted octanol–water partition coefficient (Wildman–Crippen LogP) is 2.54. The molecular formula is C17H21NO5. The smallest absolute Gasteiger partial charge is 0.308 e. The Kier molecular flexibility index (Phi) is 4.63. The number of benzene rings is 1. The average Bonchev–Trinajstić information content (AvgIpc) is 2.49. The Morgan fingerprint density at radius 3 is 2.26 bits per heavy atom. The molecule has 2 rings (SSSR count). The first-order valence-electron chi connectivity index (χ1n) is 7.33. The maximum absolute atomic E-state index is 12.9. The SMILES string of the molecule is COc1ccc(OC)c2c1c(=O)c(CC(=O)O)c(C)n2C(C)C. The highest BCUT2D eigenvalue weighted by atomic mass is 16.5. The Hall–Kier alpha value is -2.50. The van der Waals surface area contributed by atoms with E-state index in [1.54, 1.807) is 19.1 Å². The van der Waals surface area contributed by atoms with Crippen molar-refractivity contribution in [2.45, 2.75) is 33.2 Å². The molecule has 0 saturated carbocycles. The summed E-state index contributed by atoms with van der Waals surface area (Å²) in [7, 11) is 3.02. The molecule has 0 bridgehead atoms. The summed E-state index contributed by atoms with van der Waals surface area (Å²) in [5.41, 5.74) is 1.20. The van der Waals surface area contributed by atoms with Crippen molar-refractivity contribution in [3.63, 3.8) is 0 Å². The van der Waals surface area contributed by atoms with Crippen LogP contribution in [0.1, 0.15) is 31.1 Å². The highest BCUT2D eigenvalue weighted by Crippen LogP contribution is 2.34. The Bertz CT molecular complexity index is 820. The van der Waals surface area contributed by atoms with E-state index >= 15 is 0 Å². The number of carboxylic acid groups (broad SMARTS) is 1. The third-order valence-electron chi connectivity index (χ3n) is 3.93. The summed E-state index contributed by atoms with van der Waals surface area (Å²) in [4.78, 5) is 24.1. The van der Waals surface area contributed by atoms with Crippen molar-refractivity contribution in [1.82, 2.24) is 4.57 Å². The number of carbonyl (C=O) groups is 1. The quantitative estimate of drug-likeness (QED) is 0.916. The van der Waals surface area contributed by atoms with Crippen LogP contribution in [0.15, 0.2) is 16.9 Å². The molecule has 1 aromatic carbocycles. The van der Waals surface area contributed by atoms with E-state index in [4.69, 9.17) is 14.6 Å². The molecule has 0 aliphatic rings. The summed E-state index contributed by atoms with van der Waals surface area (Å²) in [6.45, 7) is 5.71. The van der Waals surface area contributed by atoms with Gasteiger partial charge < -0.3 is 19.1 Å². The van der Waals surface area contributed by atoms with Gasteiger partial charge in [-0.2, -0.15) is 0 Å². The summed E-state index contributed by atoms with van der Waals surface area (Å²) in [6.07, 6.45) is -0.326. The first-order valence-corrected chi connectivity index (χ1v) is 7.33. The van der Waals surface area contributed by atoms with Gasteiger partial charge in [0.1, 0.15) is 11.5 Å². The van der Waals surface area contributed by atoms with Gasteiger partial charge in [0.05, 0.1) is 31.5 Å². The topological polar surface area (TPSA) is 77.8 Å². The van der Waals surface area contributed by atoms with Crippen molar-refractivity contribution in [3.05, 3.63) is 33.6 Å². The molecule has 0 amide bonds. The van der Waals surface area contributed by atoms with Gasteiger partial charge in [-0.15, -0.1) is 0 Å². The number of pyridine rings is 1. The number of methoxy groups -OCH3 is 2. The number of fused-ring (bicyclic) bond motifs is 1. The van der Waals surface area contributed by atoms with Gasteiger partial charge in [0.15, 0.2) is 5.43 Å². The van der Waals surface area contributed by atoms with E-state index < -0.39 is 5.97 Å². The zero-order valence-corrected chi connectivity index (χ0v) is 14.0. The van der Waals surface area contributed by atoms with Crippen LogP contribution in [0.3, 0.4) is 0 Å². The van der Waals surface area contributed by atoms with Crippen molar-refractivity contribution >= 4 is 16.9 Å². The van der Waals surface area contributed by atoms with E-state index in [1.807, 2.05) is 18.4 Å². The van der Waals surface area contributed by atoms with Crippen LogP contribution in [0, 0.1) is 6.92 Å². The molecule has 0 atom stereocenters. The molecule has 2 aromatic rings. The minimum Gasteiger partial charge on any atom is -0.496 e. The molecule has 1 aromatic heterocycles. The van der Waals surface area contributed by atoms with Gasteiger partial charge in [-0.3, -0.25) is 9.59 Å². The highest BCUT2D eigenvalue weighted by Gasteiger charge is 2.22. The average molecular weight is 319 g/mol. The van der Waals surface area contributed by atoms with Gasteiger partial charge in [-0.25, -0.2) is 0 Å². The van der Waals surface area contributed by atoms with Crippen LogP contribution in [0.5, 0.6) is 11.5 Å². The first kappa shape index (κ1) is 16.9. The number of nitrogens with zero attached hydrogens (tertiary/aromatic N) is 1. The van der Waals surface area contributed by atoms with Crippen molar-refractivity contribution in [3.8, 4) is 11.5 Å². The van der Waals surface area contributed by atoms with E-state index in [2.05, 4.69) is 0 Å². The largest absolute Gasteiger partial charge is 0.496 e. The normalized spacial score (nSPS) is 11.0. The molecule has 1 heterocycles. The van der Waals surface area contributed by atoms with Gasteiger partial charge in [-0.1, -0.05) is 0 Å². The van der Waals surface area contributed by atoms with E-state index in [-0.39, 0.29) is 23.5 Å². The third kappa shape index (κ3) is 2.76. The van der Waals surface area contributed by atoms with Crippen LogP contribution >= 0.6 is 0 Å². The molecule has 0 fully saturated rings. The predicted molar refractivity (Wildman–Crippen MR) is 87.8 cm³/mol. The lowest BCUT2D eigenvalue weighted by atomic mass is 10.0. The van der Waals surface area contributed by atoms with Gasteiger partial charge in [0.25, 0.3) is 0 Å². The monoisotopic (exact) mass is 319 g/mol. The number of hydrogen-bond donors (Lipinski definition) is 1. The van der Waals surface area contributed by atoms with E-state index in [9.17, 15) is 9.59 Å². The molecule has 0 radical (unpaired) electrons. The Morgan fingerprint density at radius 2 is 1.78 bits per heavy atom. The molecule has 0 spiro atoms. The maximum atomic E-state index is 12.9. The Balaban J connectivity index is 3.09. The zero-order valence-electron chi connectivity index (χ0n) is 14.0. The fraction of sp³-hybridized carbons (Fsp3) is 0.412. The minimum atomic E-state index is -1.04. The van der Waals surface area contributed by atoms with Crippen LogP contribution < -0.4 is 14.9 Å². The lowest BCUT2D eigenvalue weighted by Crippen LogP contribution is -2.23. The number of aromatic nitrogens is 1. The molecule has 6 heteroatoms. The number of rotatable bonds is 5. The standard InChI is InChI=1S/C17H21NO5/c1-9(2)18-10(3)11(8-14(19)20)17(21)15-12(22-4)6-7-13(23-5)16(15)18/h6-7,9H,8H2,1-5H3,(H,19,20). The second-order valence-corrected chi connectivity index (χ2v) is 5.62. The van der Waals surface area contributed by atoms with E-state index in [1.165, 1.54) is 14.2 Å². The fourth-order valence-electron chi connectivity index (χ4n) is 2.98. The summed E-state index contributed by atoms with van der Waals surface area (Å²) in [5, 5.41) is 9.49. The Labute approximate surface area is 134 Å². The highest BCUT2D eigenvalue weighted by molar-refractivity contribution is 5.92. The van der Waals surface area contributed by atoms with Crippen LogP contribution in [-0.4, -0.2) is 29.9 Å². The van der Waals surface area contributed by atoms with Crippen molar-refractivity contribution < 1.29 is 19.4 Å². The lowest BCUT2D eigenvalue weighted by Gasteiger charge is -2.23. The van der Waals surface area contributed by atoms with Gasteiger partial charge in [0.2, 0.25) is 0 Å². The second kappa shape index (κ2) is 6.32. The molecule has 0 aliphatic carbocycles. The minimum absolute atomic E-state index is 0.0200. The van der Waals surface area contributed by atoms with Gasteiger partial charge in [0, 0.05) is 17.3 Å². The van der Waals surface area contributed by atoms with Crippen molar-refractivity contribution in [2.75, 3.05) is 14.2 Å². The summed E-state index contributed by atoms with van der Waals surface area (Å²) >= 11 is 0. The van der Waals surface area contributed by atoms with Crippen LogP contribution in [0.2, 0.25) is 0 Å². The van der Waals surface area contributed by atoms with Crippen LogP contribution in [0.25, 0.3) is 10.9 Å². The van der Waals surface area contributed by atoms with E-state index in [0.717, 1.165) is 0 Å². The second-order valence-electron chi connectivity index (χ2n) is 5.62. The van der Waals surface area contributed by atoms with Crippen LogP contribution in [-0.2, 0) is 11.2 Å².